The molecule has 1 heterocycles. The number of hydrogen-bond acceptors (Lipinski definition) is 4. The van der Waals surface area contributed by atoms with Gasteiger partial charge in [-0.25, -0.2) is 5.43 Å². The van der Waals surface area contributed by atoms with Gasteiger partial charge in [0.2, 0.25) is 12.7 Å². The standard InChI is InChI=1S/C17H19BrN2O3/c1-17-5-3-2-4-11(17)15(17)16(21)20-19-8-10-6-13-14(7-12(10)18)23-9-22-13/h6-8,11,15H,2-5,9H2,1H3,(H,20,21)/b19-8+/t11-,15-,17+/m1/s1. The molecule has 2 saturated carbocycles. The lowest BCUT2D eigenvalue weighted by atomic mass is 9.90. The minimum Gasteiger partial charge on any atom is -0.454 e. The van der Waals surface area contributed by atoms with Crippen molar-refractivity contribution in [2.75, 3.05) is 6.79 Å². The van der Waals surface area contributed by atoms with Gasteiger partial charge in [-0.1, -0.05) is 19.8 Å². The molecular formula is C17H19BrN2O3. The first-order valence-electron chi connectivity index (χ1n) is 8.02. The van der Waals surface area contributed by atoms with Crippen molar-refractivity contribution in [1.82, 2.24) is 5.43 Å². The number of nitrogens with one attached hydrogen (secondary N) is 1. The molecule has 0 bridgehead atoms. The molecule has 0 spiro atoms. The van der Waals surface area contributed by atoms with E-state index >= 15 is 0 Å². The van der Waals surface area contributed by atoms with Gasteiger partial charge >= 0.3 is 0 Å². The van der Waals surface area contributed by atoms with Crippen LogP contribution in [0.15, 0.2) is 21.7 Å². The molecule has 1 N–H and O–H groups in total. The molecule has 1 aliphatic heterocycles. The summed E-state index contributed by atoms with van der Waals surface area (Å²) >= 11 is 3.48. The van der Waals surface area contributed by atoms with Crippen molar-refractivity contribution in [2.45, 2.75) is 32.6 Å². The zero-order chi connectivity index (χ0) is 16.0. The van der Waals surface area contributed by atoms with Crippen LogP contribution in [0.3, 0.4) is 0 Å². The summed E-state index contributed by atoms with van der Waals surface area (Å²) in [4.78, 5) is 12.4. The van der Waals surface area contributed by atoms with Crippen LogP contribution in [0.4, 0.5) is 0 Å². The van der Waals surface area contributed by atoms with Crippen LogP contribution in [0.2, 0.25) is 0 Å². The van der Waals surface area contributed by atoms with Gasteiger partial charge in [-0.15, -0.1) is 0 Å². The predicted molar refractivity (Wildman–Crippen MR) is 89.6 cm³/mol. The van der Waals surface area contributed by atoms with Gasteiger partial charge in [0.15, 0.2) is 11.5 Å². The fourth-order valence-corrected chi connectivity index (χ4v) is 4.54. The SMILES string of the molecule is C[C@]12CCCC[C@@H]1[C@@H]2C(=O)N/N=C/c1cc2c(cc1Br)OCO2. The normalized spacial score (nSPS) is 31.0. The maximum Gasteiger partial charge on any atom is 0.244 e. The highest BCUT2D eigenvalue weighted by Gasteiger charge is 2.64. The monoisotopic (exact) mass is 378 g/mol. The number of carbonyl (C=O) groups is 1. The van der Waals surface area contributed by atoms with Crippen LogP contribution in [0.25, 0.3) is 0 Å². The number of halogens is 1. The number of carbonyl (C=O) groups excluding carboxylic acids is 1. The van der Waals surface area contributed by atoms with Crippen LogP contribution < -0.4 is 14.9 Å². The Hall–Kier alpha value is -1.56. The van der Waals surface area contributed by atoms with Crippen LogP contribution in [0, 0.1) is 17.3 Å². The summed E-state index contributed by atoms with van der Waals surface area (Å²) in [5, 5.41) is 4.13. The second-order valence-corrected chi connectivity index (χ2v) is 7.65. The van der Waals surface area contributed by atoms with E-state index in [1.54, 1.807) is 6.21 Å². The maximum absolute atomic E-state index is 12.4. The molecule has 6 heteroatoms. The zero-order valence-corrected chi connectivity index (χ0v) is 14.6. The number of hydrogen-bond donors (Lipinski definition) is 1. The minimum atomic E-state index is 0.0486. The van der Waals surface area contributed by atoms with E-state index in [1.165, 1.54) is 19.3 Å². The quantitative estimate of drug-likeness (QED) is 0.647. The van der Waals surface area contributed by atoms with Crippen molar-refractivity contribution in [2.24, 2.45) is 22.4 Å². The number of nitrogens with zero attached hydrogens (tertiary/aromatic N) is 1. The van der Waals surface area contributed by atoms with E-state index in [-0.39, 0.29) is 24.0 Å². The molecule has 3 atom stereocenters. The molecule has 1 aromatic rings. The smallest absolute Gasteiger partial charge is 0.244 e. The molecule has 122 valence electrons. The van der Waals surface area contributed by atoms with Gasteiger partial charge in [-0.2, -0.15) is 5.10 Å². The molecule has 1 aromatic carbocycles. The molecule has 4 rings (SSSR count). The lowest BCUT2D eigenvalue weighted by molar-refractivity contribution is -0.123. The Bertz CT molecular complexity index is 691. The first-order valence-corrected chi connectivity index (χ1v) is 8.81. The topological polar surface area (TPSA) is 59.9 Å². The summed E-state index contributed by atoms with van der Waals surface area (Å²) < 4.78 is 11.5. The molecule has 2 aliphatic carbocycles. The maximum atomic E-state index is 12.4. The lowest BCUT2D eigenvalue weighted by Gasteiger charge is -2.15. The zero-order valence-electron chi connectivity index (χ0n) is 13.0. The van der Waals surface area contributed by atoms with E-state index in [2.05, 4.69) is 33.4 Å². The van der Waals surface area contributed by atoms with Crippen LogP contribution in [0.5, 0.6) is 11.5 Å². The van der Waals surface area contributed by atoms with E-state index in [9.17, 15) is 4.79 Å². The molecule has 0 aromatic heterocycles. The second-order valence-electron chi connectivity index (χ2n) is 6.80. The summed E-state index contributed by atoms with van der Waals surface area (Å²) in [5.74, 6) is 2.13. The molecule has 1 amide bonds. The number of ether oxygens (including phenoxy) is 2. The van der Waals surface area contributed by atoms with Crippen molar-refractivity contribution >= 4 is 28.1 Å². The summed E-state index contributed by atoms with van der Waals surface area (Å²) in [6.45, 7) is 2.47. The van der Waals surface area contributed by atoms with Gasteiger partial charge in [0.05, 0.1) is 6.21 Å². The Labute approximate surface area is 143 Å². The first kappa shape index (κ1) is 15.0. The summed E-state index contributed by atoms with van der Waals surface area (Å²) in [6.07, 6.45) is 6.46. The van der Waals surface area contributed by atoms with Gasteiger partial charge < -0.3 is 9.47 Å². The Kier molecular flexibility index (Phi) is 3.59. The number of benzene rings is 1. The fraction of sp³-hybridized carbons (Fsp3) is 0.529. The summed E-state index contributed by atoms with van der Waals surface area (Å²) in [6, 6.07) is 3.70. The number of fused-ring (bicyclic) bond motifs is 2. The molecule has 0 saturated heterocycles. The van der Waals surface area contributed by atoms with Gasteiger partial charge in [0, 0.05) is 16.0 Å². The van der Waals surface area contributed by atoms with E-state index in [4.69, 9.17) is 9.47 Å². The van der Waals surface area contributed by atoms with Gasteiger partial charge in [-0.05, 0) is 52.2 Å². The predicted octanol–water partition coefficient (Wildman–Crippen LogP) is 3.45. The largest absolute Gasteiger partial charge is 0.454 e. The van der Waals surface area contributed by atoms with Gasteiger partial charge in [0.1, 0.15) is 0 Å². The lowest BCUT2D eigenvalue weighted by Crippen LogP contribution is -2.22. The first-order chi connectivity index (χ1) is 11.1. The Balaban J connectivity index is 1.41. The molecule has 2 fully saturated rings. The van der Waals surface area contributed by atoms with E-state index in [0.717, 1.165) is 16.5 Å². The third-order valence-corrected chi connectivity index (χ3v) is 6.17. The van der Waals surface area contributed by atoms with Crippen molar-refractivity contribution in [3.05, 3.63) is 22.2 Å². The number of amides is 1. The Morgan fingerprint density at radius 1 is 1.39 bits per heavy atom. The number of rotatable bonds is 3. The second kappa shape index (κ2) is 5.51. The van der Waals surface area contributed by atoms with E-state index < -0.39 is 0 Å². The van der Waals surface area contributed by atoms with Crippen LogP contribution in [0.1, 0.15) is 38.2 Å². The Morgan fingerprint density at radius 3 is 2.91 bits per heavy atom. The van der Waals surface area contributed by atoms with Crippen molar-refractivity contribution in [3.63, 3.8) is 0 Å². The average Bonchev–Trinajstić information content (AvgIpc) is 2.91. The molecule has 5 nitrogen and oxygen atoms in total. The number of hydrazone groups is 1. The van der Waals surface area contributed by atoms with Crippen molar-refractivity contribution in [1.29, 1.82) is 0 Å². The van der Waals surface area contributed by atoms with Crippen LogP contribution in [-0.2, 0) is 4.79 Å². The third kappa shape index (κ3) is 2.53. The van der Waals surface area contributed by atoms with Gasteiger partial charge in [0.25, 0.3) is 0 Å². The van der Waals surface area contributed by atoms with Crippen LogP contribution in [-0.4, -0.2) is 18.9 Å². The molecule has 0 radical (unpaired) electrons. The summed E-state index contributed by atoms with van der Waals surface area (Å²) in [5.41, 5.74) is 3.75. The molecule has 23 heavy (non-hydrogen) atoms. The summed E-state index contributed by atoms with van der Waals surface area (Å²) in [7, 11) is 0. The highest BCUT2D eigenvalue weighted by atomic mass is 79.9. The average molecular weight is 379 g/mol. The third-order valence-electron chi connectivity index (χ3n) is 5.48. The van der Waals surface area contributed by atoms with Crippen molar-refractivity contribution < 1.29 is 14.3 Å². The highest BCUT2D eigenvalue weighted by molar-refractivity contribution is 9.10. The highest BCUT2D eigenvalue weighted by Crippen LogP contribution is 2.66. The molecular weight excluding hydrogens is 360 g/mol. The molecule has 0 unspecified atom stereocenters. The molecule has 3 aliphatic rings. The fourth-order valence-electron chi connectivity index (χ4n) is 4.12. The van der Waals surface area contributed by atoms with Crippen molar-refractivity contribution in [3.8, 4) is 11.5 Å². The minimum absolute atomic E-state index is 0.0486. The Morgan fingerprint density at radius 2 is 2.17 bits per heavy atom. The van der Waals surface area contributed by atoms with Crippen LogP contribution >= 0.6 is 15.9 Å². The van der Waals surface area contributed by atoms with Gasteiger partial charge in [-0.3, -0.25) is 4.79 Å². The van der Waals surface area contributed by atoms with E-state index in [0.29, 0.717) is 17.4 Å². The van der Waals surface area contributed by atoms with E-state index in [1.807, 2.05) is 12.1 Å².